The fraction of sp³-hybridized carbons (Fsp3) is 0.409. The SMILES string of the molecule is Cc1ccc(Cl)cc1NC(=O)C(C)Sc1nc2c(cc1C#N)CCCCCC2. The number of anilines is 1. The number of carbonyl (C=O) groups excluding carboxylic acids is 1. The Bertz CT molecular complexity index is 923. The van der Waals surface area contributed by atoms with Crippen molar-refractivity contribution in [1.29, 1.82) is 5.26 Å². The standard InChI is InChI=1S/C22H24ClN3OS/c1-14-9-10-18(23)12-20(14)25-21(27)15(2)28-22-17(13-24)11-16-7-5-3-4-6-8-19(16)26-22/h9-12,15H,3-8H2,1-2H3,(H,25,27). The van der Waals surface area contributed by atoms with E-state index in [0.29, 0.717) is 21.3 Å². The third kappa shape index (κ3) is 5.06. The van der Waals surface area contributed by atoms with Crippen LogP contribution in [0.1, 0.15) is 55.0 Å². The van der Waals surface area contributed by atoms with E-state index in [9.17, 15) is 10.1 Å². The van der Waals surface area contributed by atoms with Crippen molar-refractivity contribution in [3.8, 4) is 6.07 Å². The number of nitrogens with zero attached hydrogens (tertiary/aromatic N) is 2. The molecule has 1 unspecified atom stereocenters. The summed E-state index contributed by atoms with van der Waals surface area (Å²) in [6.07, 6.45) is 6.65. The number of aryl methyl sites for hydroxylation is 3. The summed E-state index contributed by atoms with van der Waals surface area (Å²) in [6, 6.07) is 9.65. The highest BCUT2D eigenvalue weighted by atomic mass is 35.5. The van der Waals surface area contributed by atoms with Crippen LogP contribution < -0.4 is 5.32 Å². The summed E-state index contributed by atoms with van der Waals surface area (Å²) in [5.74, 6) is -0.132. The van der Waals surface area contributed by atoms with E-state index in [1.807, 2.05) is 26.0 Å². The van der Waals surface area contributed by atoms with Gasteiger partial charge >= 0.3 is 0 Å². The van der Waals surface area contributed by atoms with Crippen molar-refractivity contribution in [3.05, 3.63) is 51.7 Å². The Morgan fingerprint density at radius 2 is 2.00 bits per heavy atom. The largest absolute Gasteiger partial charge is 0.325 e. The first kappa shape index (κ1) is 20.7. The van der Waals surface area contributed by atoms with Gasteiger partial charge in [0.2, 0.25) is 5.91 Å². The highest BCUT2D eigenvalue weighted by Crippen LogP contribution is 2.30. The second-order valence-electron chi connectivity index (χ2n) is 7.18. The first-order chi connectivity index (χ1) is 13.5. The molecule has 3 rings (SSSR count). The molecule has 0 saturated carbocycles. The molecule has 0 fully saturated rings. The summed E-state index contributed by atoms with van der Waals surface area (Å²) in [5.41, 5.74) is 4.48. The van der Waals surface area contributed by atoms with Crippen LogP contribution in [0.5, 0.6) is 0 Å². The van der Waals surface area contributed by atoms with Crippen LogP contribution in [0.2, 0.25) is 5.02 Å². The molecule has 1 aromatic carbocycles. The number of carbonyl (C=O) groups is 1. The van der Waals surface area contributed by atoms with Crippen molar-refractivity contribution in [2.75, 3.05) is 5.32 Å². The molecule has 4 nitrogen and oxygen atoms in total. The minimum Gasteiger partial charge on any atom is -0.325 e. The predicted octanol–water partition coefficient (Wildman–Crippen LogP) is 5.69. The van der Waals surface area contributed by atoms with Crippen LogP contribution in [0.4, 0.5) is 5.69 Å². The number of thioether (sulfide) groups is 1. The van der Waals surface area contributed by atoms with Gasteiger partial charge in [-0.2, -0.15) is 5.26 Å². The van der Waals surface area contributed by atoms with Gasteiger partial charge in [0.15, 0.2) is 0 Å². The molecule has 1 heterocycles. The zero-order chi connectivity index (χ0) is 20.1. The molecule has 0 bridgehead atoms. The Morgan fingerprint density at radius 1 is 1.25 bits per heavy atom. The fourth-order valence-corrected chi connectivity index (χ4v) is 4.39. The van der Waals surface area contributed by atoms with E-state index >= 15 is 0 Å². The topological polar surface area (TPSA) is 65.8 Å². The normalized spacial score (nSPS) is 14.9. The van der Waals surface area contributed by atoms with E-state index < -0.39 is 0 Å². The Balaban J connectivity index is 1.78. The van der Waals surface area contributed by atoms with Gasteiger partial charge in [-0.1, -0.05) is 42.3 Å². The lowest BCUT2D eigenvalue weighted by atomic mass is 9.96. The van der Waals surface area contributed by atoms with E-state index in [-0.39, 0.29) is 11.2 Å². The van der Waals surface area contributed by atoms with Crippen molar-refractivity contribution in [2.45, 2.75) is 62.6 Å². The number of fused-ring (bicyclic) bond motifs is 1. The number of pyridine rings is 1. The van der Waals surface area contributed by atoms with Gasteiger partial charge in [-0.15, -0.1) is 0 Å². The smallest absolute Gasteiger partial charge is 0.237 e. The van der Waals surface area contributed by atoms with Gasteiger partial charge in [-0.25, -0.2) is 4.98 Å². The van der Waals surface area contributed by atoms with E-state index in [4.69, 9.17) is 16.6 Å². The Kier molecular flexibility index (Phi) is 6.98. The van der Waals surface area contributed by atoms with E-state index in [1.165, 1.54) is 30.2 Å². The maximum Gasteiger partial charge on any atom is 0.237 e. The van der Waals surface area contributed by atoms with Crippen molar-refractivity contribution in [1.82, 2.24) is 4.98 Å². The Morgan fingerprint density at radius 3 is 2.75 bits per heavy atom. The lowest BCUT2D eigenvalue weighted by Crippen LogP contribution is -2.23. The summed E-state index contributed by atoms with van der Waals surface area (Å²) < 4.78 is 0. The lowest BCUT2D eigenvalue weighted by molar-refractivity contribution is -0.115. The van der Waals surface area contributed by atoms with Crippen molar-refractivity contribution < 1.29 is 4.79 Å². The number of rotatable bonds is 4. The molecule has 1 N–H and O–H groups in total. The predicted molar refractivity (Wildman–Crippen MR) is 115 cm³/mol. The molecule has 6 heteroatoms. The molecule has 1 aliphatic carbocycles. The van der Waals surface area contributed by atoms with Crippen LogP contribution in [0.3, 0.4) is 0 Å². The third-order valence-electron chi connectivity index (χ3n) is 5.00. The number of aromatic nitrogens is 1. The minimum atomic E-state index is -0.385. The summed E-state index contributed by atoms with van der Waals surface area (Å²) in [7, 11) is 0. The highest BCUT2D eigenvalue weighted by molar-refractivity contribution is 8.00. The van der Waals surface area contributed by atoms with Crippen LogP contribution >= 0.6 is 23.4 Å². The van der Waals surface area contributed by atoms with Crippen molar-refractivity contribution in [2.24, 2.45) is 0 Å². The van der Waals surface area contributed by atoms with Crippen molar-refractivity contribution in [3.63, 3.8) is 0 Å². The first-order valence-corrected chi connectivity index (χ1v) is 10.9. The van der Waals surface area contributed by atoms with Gasteiger partial charge in [0.25, 0.3) is 0 Å². The monoisotopic (exact) mass is 413 g/mol. The van der Waals surface area contributed by atoms with E-state index in [1.54, 1.807) is 12.1 Å². The molecule has 1 amide bonds. The molecular formula is C22H24ClN3OS. The summed E-state index contributed by atoms with van der Waals surface area (Å²) in [6.45, 7) is 3.76. The number of nitrogens with one attached hydrogen (secondary N) is 1. The second-order valence-corrected chi connectivity index (χ2v) is 8.95. The lowest BCUT2D eigenvalue weighted by Gasteiger charge is -2.17. The minimum absolute atomic E-state index is 0.132. The summed E-state index contributed by atoms with van der Waals surface area (Å²) >= 11 is 7.38. The number of halogens is 1. The van der Waals surface area contributed by atoms with Crippen LogP contribution in [0.25, 0.3) is 0 Å². The van der Waals surface area contributed by atoms with Crippen LogP contribution in [-0.2, 0) is 17.6 Å². The molecule has 0 spiro atoms. The summed E-state index contributed by atoms with van der Waals surface area (Å²) in [5, 5.41) is 13.4. The van der Waals surface area contributed by atoms with E-state index in [0.717, 1.165) is 36.9 Å². The molecule has 28 heavy (non-hydrogen) atoms. The molecule has 0 radical (unpaired) electrons. The number of nitriles is 1. The molecule has 0 saturated heterocycles. The molecule has 146 valence electrons. The third-order valence-corrected chi connectivity index (χ3v) is 6.34. The van der Waals surface area contributed by atoms with Gasteiger partial charge in [-0.05, 0) is 68.9 Å². The maximum absolute atomic E-state index is 12.7. The Hall–Kier alpha value is -2.03. The van der Waals surface area contributed by atoms with Crippen LogP contribution in [-0.4, -0.2) is 16.1 Å². The zero-order valence-corrected chi connectivity index (χ0v) is 17.8. The average molecular weight is 414 g/mol. The van der Waals surface area contributed by atoms with Crippen LogP contribution in [0.15, 0.2) is 29.3 Å². The number of hydrogen-bond acceptors (Lipinski definition) is 4. The number of benzene rings is 1. The van der Waals surface area contributed by atoms with Gasteiger partial charge in [0, 0.05) is 16.4 Å². The van der Waals surface area contributed by atoms with Gasteiger partial charge in [0.1, 0.15) is 11.1 Å². The van der Waals surface area contributed by atoms with Gasteiger partial charge < -0.3 is 5.32 Å². The van der Waals surface area contributed by atoms with E-state index in [2.05, 4.69) is 11.4 Å². The fourth-order valence-electron chi connectivity index (χ4n) is 3.32. The molecule has 1 atom stereocenters. The zero-order valence-electron chi connectivity index (χ0n) is 16.2. The van der Waals surface area contributed by atoms with Gasteiger partial charge in [-0.3, -0.25) is 4.79 Å². The molecule has 1 aromatic heterocycles. The Labute approximate surface area is 175 Å². The second kappa shape index (κ2) is 9.45. The molecule has 2 aromatic rings. The number of amides is 1. The number of hydrogen-bond donors (Lipinski definition) is 1. The highest BCUT2D eigenvalue weighted by Gasteiger charge is 2.20. The van der Waals surface area contributed by atoms with Crippen LogP contribution in [0, 0.1) is 18.3 Å². The molecule has 1 aliphatic rings. The molecular weight excluding hydrogens is 390 g/mol. The maximum atomic E-state index is 12.7. The quantitative estimate of drug-likeness (QED) is 0.653. The average Bonchev–Trinajstić information content (AvgIpc) is 2.65. The first-order valence-electron chi connectivity index (χ1n) is 9.64. The molecule has 0 aliphatic heterocycles. The van der Waals surface area contributed by atoms with Gasteiger partial charge in [0.05, 0.1) is 10.8 Å². The summed E-state index contributed by atoms with van der Waals surface area (Å²) in [4.78, 5) is 17.5. The van der Waals surface area contributed by atoms with Crippen molar-refractivity contribution >= 4 is 35.0 Å².